The zero-order valence-electron chi connectivity index (χ0n) is 12.4. The number of hydrogen-bond donors (Lipinski definition) is 1. The van der Waals surface area contributed by atoms with E-state index in [-0.39, 0.29) is 16.4 Å². The molecule has 3 rings (SSSR count). The Bertz CT molecular complexity index is 480. The summed E-state index contributed by atoms with van der Waals surface area (Å²) in [6.45, 7) is 3.47. The first kappa shape index (κ1) is 15.1. The molecule has 1 saturated heterocycles. The fourth-order valence-corrected chi connectivity index (χ4v) is 3.79. The molecule has 0 amide bonds. The van der Waals surface area contributed by atoms with Gasteiger partial charge in [0.1, 0.15) is 5.82 Å². The molecule has 1 aromatic carbocycles. The SMILES string of the molecule is Fc1ccc(NC2(CN3CCCC3)C[CH]CCC2)cc1Cl. The second-order valence-corrected chi connectivity index (χ2v) is 6.81. The molecule has 0 aromatic heterocycles. The van der Waals surface area contributed by atoms with Gasteiger partial charge in [-0.15, -0.1) is 0 Å². The lowest BCUT2D eigenvalue weighted by molar-refractivity contribution is 0.233. The molecule has 1 saturated carbocycles. The third-order valence-electron chi connectivity index (χ3n) is 4.65. The van der Waals surface area contributed by atoms with E-state index in [0.717, 1.165) is 25.1 Å². The minimum Gasteiger partial charge on any atom is -0.378 e. The first-order chi connectivity index (χ1) is 10.2. The number of likely N-dealkylation sites (tertiary alicyclic amines) is 1. The summed E-state index contributed by atoms with van der Waals surface area (Å²) < 4.78 is 13.3. The van der Waals surface area contributed by atoms with Crippen molar-refractivity contribution in [2.24, 2.45) is 0 Å². The van der Waals surface area contributed by atoms with E-state index in [1.54, 1.807) is 12.1 Å². The van der Waals surface area contributed by atoms with Crippen LogP contribution in [0.25, 0.3) is 0 Å². The van der Waals surface area contributed by atoms with Crippen molar-refractivity contribution in [3.63, 3.8) is 0 Å². The van der Waals surface area contributed by atoms with E-state index in [9.17, 15) is 4.39 Å². The van der Waals surface area contributed by atoms with E-state index in [2.05, 4.69) is 16.6 Å². The zero-order chi connectivity index (χ0) is 14.7. The fourth-order valence-electron chi connectivity index (χ4n) is 3.61. The van der Waals surface area contributed by atoms with Gasteiger partial charge in [0.15, 0.2) is 0 Å². The summed E-state index contributed by atoms with van der Waals surface area (Å²) >= 11 is 5.91. The van der Waals surface area contributed by atoms with Gasteiger partial charge < -0.3 is 10.2 Å². The van der Waals surface area contributed by atoms with Crippen LogP contribution in [-0.4, -0.2) is 30.1 Å². The van der Waals surface area contributed by atoms with E-state index < -0.39 is 0 Å². The van der Waals surface area contributed by atoms with Gasteiger partial charge in [0.2, 0.25) is 0 Å². The molecule has 1 aliphatic heterocycles. The van der Waals surface area contributed by atoms with Crippen molar-refractivity contribution in [2.45, 2.75) is 44.1 Å². The van der Waals surface area contributed by atoms with Crippen LogP contribution < -0.4 is 5.32 Å². The Hall–Kier alpha value is -0.800. The molecule has 0 spiro atoms. The van der Waals surface area contributed by atoms with Crippen molar-refractivity contribution in [1.29, 1.82) is 0 Å². The van der Waals surface area contributed by atoms with Gasteiger partial charge in [0.25, 0.3) is 0 Å². The Labute approximate surface area is 131 Å². The smallest absolute Gasteiger partial charge is 0.141 e. The first-order valence-electron chi connectivity index (χ1n) is 7.94. The molecule has 1 atom stereocenters. The molecular formula is C17H23ClFN2. The molecule has 2 fully saturated rings. The number of hydrogen-bond acceptors (Lipinski definition) is 2. The summed E-state index contributed by atoms with van der Waals surface area (Å²) in [4.78, 5) is 2.55. The number of benzene rings is 1. The molecule has 21 heavy (non-hydrogen) atoms. The van der Waals surface area contributed by atoms with Crippen LogP contribution in [0, 0.1) is 12.2 Å². The van der Waals surface area contributed by atoms with Crippen molar-refractivity contribution in [1.82, 2.24) is 4.90 Å². The zero-order valence-corrected chi connectivity index (χ0v) is 13.1. The molecule has 1 aliphatic carbocycles. The second-order valence-electron chi connectivity index (χ2n) is 6.40. The van der Waals surface area contributed by atoms with Crippen molar-refractivity contribution >= 4 is 17.3 Å². The minimum absolute atomic E-state index is 0.0732. The van der Waals surface area contributed by atoms with Crippen LogP contribution in [0.4, 0.5) is 10.1 Å². The van der Waals surface area contributed by atoms with Crippen molar-refractivity contribution in [2.75, 3.05) is 25.0 Å². The molecule has 1 radical (unpaired) electrons. The molecule has 1 heterocycles. The Morgan fingerprint density at radius 1 is 1.24 bits per heavy atom. The van der Waals surface area contributed by atoms with Crippen LogP contribution >= 0.6 is 11.6 Å². The first-order valence-corrected chi connectivity index (χ1v) is 8.32. The van der Waals surface area contributed by atoms with E-state index >= 15 is 0 Å². The van der Waals surface area contributed by atoms with Gasteiger partial charge in [0, 0.05) is 12.2 Å². The summed E-state index contributed by atoms with van der Waals surface area (Å²) in [6.07, 6.45) is 9.65. The maximum Gasteiger partial charge on any atom is 0.141 e. The van der Waals surface area contributed by atoms with Crippen LogP contribution in [0.1, 0.15) is 38.5 Å². The largest absolute Gasteiger partial charge is 0.378 e. The van der Waals surface area contributed by atoms with Gasteiger partial charge in [-0.25, -0.2) is 4.39 Å². The highest BCUT2D eigenvalue weighted by Crippen LogP contribution is 2.33. The average molecular weight is 310 g/mol. The van der Waals surface area contributed by atoms with Crippen molar-refractivity contribution in [3.05, 3.63) is 35.5 Å². The normalized spacial score (nSPS) is 22.4. The molecule has 1 aromatic rings. The Kier molecular flexibility index (Phi) is 4.70. The highest BCUT2D eigenvalue weighted by molar-refractivity contribution is 6.31. The molecular weight excluding hydrogens is 287 g/mol. The van der Waals surface area contributed by atoms with Crippen molar-refractivity contribution in [3.8, 4) is 0 Å². The third kappa shape index (κ3) is 3.70. The topological polar surface area (TPSA) is 15.3 Å². The number of nitrogens with zero attached hydrogens (tertiary/aromatic N) is 1. The van der Waals surface area contributed by atoms with Gasteiger partial charge in [-0.05, 0) is 63.4 Å². The summed E-state index contributed by atoms with van der Waals surface area (Å²) in [7, 11) is 0. The standard InChI is InChI=1S/C17H23ClFN2/c18-15-12-14(6-7-16(15)19)20-17(8-2-1-3-9-17)13-21-10-4-5-11-21/h2,6-7,12,20H,1,3-5,8-11,13H2. The summed E-state index contributed by atoms with van der Waals surface area (Å²) in [6, 6.07) is 4.94. The van der Waals surface area contributed by atoms with Gasteiger partial charge in [0.05, 0.1) is 10.6 Å². The van der Waals surface area contributed by atoms with Crippen LogP contribution in [0.3, 0.4) is 0 Å². The lowest BCUT2D eigenvalue weighted by atomic mass is 9.81. The Morgan fingerprint density at radius 2 is 2.05 bits per heavy atom. The van der Waals surface area contributed by atoms with Crippen LogP contribution in [-0.2, 0) is 0 Å². The highest BCUT2D eigenvalue weighted by atomic mass is 35.5. The summed E-state index contributed by atoms with van der Waals surface area (Å²) in [5.41, 5.74) is 1.000. The van der Waals surface area contributed by atoms with Gasteiger partial charge in [-0.3, -0.25) is 0 Å². The molecule has 115 valence electrons. The monoisotopic (exact) mass is 309 g/mol. The van der Waals surface area contributed by atoms with E-state index in [0.29, 0.717) is 0 Å². The van der Waals surface area contributed by atoms with E-state index in [4.69, 9.17) is 11.6 Å². The quantitative estimate of drug-likeness (QED) is 0.880. The minimum atomic E-state index is -0.356. The molecule has 1 unspecified atom stereocenters. The molecule has 1 N–H and O–H groups in total. The molecule has 2 nitrogen and oxygen atoms in total. The molecule has 2 aliphatic rings. The van der Waals surface area contributed by atoms with E-state index in [1.807, 2.05) is 0 Å². The van der Waals surface area contributed by atoms with Crippen LogP contribution in [0.15, 0.2) is 18.2 Å². The van der Waals surface area contributed by atoms with Crippen molar-refractivity contribution < 1.29 is 4.39 Å². The lowest BCUT2D eigenvalue weighted by Gasteiger charge is -2.41. The third-order valence-corrected chi connectivity index (χ3v) is 4.94. The highest BCUT2D eigenvalue weighted by Gasteiger charge is 2.34. The van der Waals surface area contributed by atoms with E-state index in [1.165, 1.54) is 44.8 Å². The Balaban J connectivity index is 1.75. The van der Waals surface area contributed by atoms with Gasteiger partial charge in [-0.2, -0.15) is 0 Å². The Morgan fingerprint density at radius 3 is 2.71 bits per heavy atom. The molecule has 4 heteroatoms. The summed E-state index contributed by atoms with van der Waals surface area (Å²) in [5, 5.41) is 3.86. The predicted molar refractivity (Wildman–Crippen MR) is 86.2 cm³/mol. The maximum atomic E-state index is 13.3. The van der Waals surface area contributed by atoms with Crippen LogP contribution in [0.5, 0.6) is 0 Å². The summed E-state index contributed by atoms with van der Waals surface area (Å²) in [5.74, 6) is -0.356. The average Bonchev–Trinajstić information content (AvgIpc) is 2.96. The maximum absolute atomic E-state index is 13.3. The van der Waals surface area contributed by atoms with Crippen LogP contribution in [0.2, 0.25) is 5.02 Å². The molecule has 0 bridgehead atoms. The fraction of sp³-hybridized carbons (Fsp3) is 0.588. The second kappa shape index (κ2) is 6.53. The number of halogens is 2. The number of anilines is 1. The number of rotatable bonds is 4. The predicted octanol–water partition coefficient (Wildman–Crippen LogP) is 4.50. The van der Waals surface area contributed by atoms with Gasteiger partial charge >= 0.3 is 0 Å². The lowest BCUT2D eigenvalue weighted by Crippen LogP contribution is -2.49. The van der Waals surface area contributed by atoms with Gasteiger partial charge in [-0.1, -0.05) is 24.4 Å². The number of nitrogens with one attached hydrogen (secondary N) is 1.